The van der Waals surface area contributed by atoms with Gasteiger partial charge in [0.15, 0.2) is 0 Å². The molecular weight excluding hydrogens is 705 g/mol. The first-order chi connectivity index (χ1) is 28.8. The summed E-state index contributed by atoms with van der Waals surface area (Å²) in [6.45, 7) is 0. The van der Waals surface area contributed by atoms with Crippen molar-refractivity contribution < 1.29 is 0 Å². The summed E-state index contributed by atoms with van der Waals surface area (Å²) < 4.78 is 7.48. The van der Waals surface area contributed by atoms with Crippen LogP contribution < -0.4 is 4.90 Å². The van der Waals surface area contributed by atoms with Crippen LogP contribution in [0, 0.1) is 0 Å². The van der Waals surface area contributed by atoms with E-state index >= 15 is 0 Å². The van der Waals surface area contributed by atoms with E-state index in [4.69, 9.17) is 0 Å². The highest BCUT2D eigenvalue weighted by Gasteiger charge is 2.40. The molecule has 4 heteroatoms. The van der Waals surface area contributed by atoms with Crippen molar-refractivity contribution >= 4 is 76.8 Å². The largest absolute Gasteiger partial charge is 0.332 e. The molecule has 2 unspecified atom stereocenters. The number of fused-ring (bicyclic) bond motifs is 13. The van der Waals surface area contributed by atoms with Crippen molar-refractivity contribution in [3.05, 3.63) is 212 Å². The molecule has 0 bridgehead atoms. The number of nitrogens with zero attached hydrogens (tertiary/aromatic N) is 4. The first-order valence-corrected chi connectivity index (χ1v) is 20.2. The first kappa shape index (κ1) is 31.6. The molecule has 2 atom stereocenters. The fraction of sp³-hybridized carbons (Fsp3) is 0.0370. The van der Waals surface area contributed by atoms with Crippen LogP contribution in [0.25, 0.3) is 82.5 Å². The van der Waals surface area contributed by atoms with Crippen molar-refractivity contribution in [2.45, 2.75) is 12.0 Å². The molecule has 0 fully saturated rings. The van der Waals surface area contributed by atoms with Gasteiger partial charge >= 0.3 is 0 Å². The molecule has 0 radical (unpaired) electrons. The van der Waals surface area contributed by atoms with Crippen molar-refractivity contribution in [3.63, 3.8) is 0 Å². The number of rotatable bonds is 4. The van der Waals surface area contributed by atoms with Crippen LogP contribution in [0.1, 0.15) is 11.5 Å². The second kappa shape index (κ2) is 12.0. The van der Waals surface area contributed by atoms with Gasteiger partial charge in [-0.3, -0.25) is 0 Å². The summed E-state index contributed by atoms with van der Waals surface area (Å²) in [4.78, 5) is 2.59. The van der Waals surface area contributed by atoms with Gasteiger partial charge < -0.3 is 18.6 Å². The molecule has 0 amide bonds. The summed E-state index contributed by atoms with van der Waals surface area (Å²) in [6.07, 6.45) is 9.18. The van der Waals surface area contributed by atoms with Gasteiger partial charge in [0.2, 0.25) is 0 Å². The van der Waals surface area contributed by atoms with E-state index in [2.05, 4.69) is 225 Å². The molecule has 0 saturated heterocycles. The molecule has 1 aliphatic heterocycles. The zero-order valence-corrected chi connectivity index (χ0v) is 31.6. The van der Waals surface area contributed by atoms with Crippen LogP contribution in [0.4, 0.5) is 11.4 Å². The number of hydrogen-bond acceptors (Lipinski definition) is 1. The molecular formula is C54H36N4. The van der Waals surface area contributed by atoms with Crippen LogP contribution in [0.5, 0.6) is 0 Å². The molecule has 13 rings (SSSR count). The Morgan fingerprint density at radius 1 is 0.328 bits per heavy atom. The Kier molecular flexibility index (Phi) is 6.53. The highest BCUT2D eigenvalue weighted by molar-refractivity contribution is 6.16. The average Bonchev–Trinajstić information content (AvgIpc) is 4.02. The van der Waals surface area contributed by atoms with Crippen LogP contribution in [-0.4, -0.2) is 19.7 Å². The number of allylic oxidation sites excluding steroid dienone is 2. The van der Waals surface area contributed by atoms with Gasteiger partial charge in [-0.15, -0.1) is 0 Å². The lowest BCUT2D eigenvalue weighted by Crippen LogP contribution is -2.28. The number of hydrogen-bond donors (Lipinski definition) is 0. The lowest BCUT2D eigenvalue weighted by molar-refractivity contribution is 0.745. The first-order valence-electron chi connectivity index (χ1n) is 20.2. The molecule has 2 aliphatic rings. The normalized spacial score (nSPS) is 16.1. The Labute approximate surface area is 335 Å². The SMILES string of the molecule is C1=CC2c3ccc4c5ccccc5n(-c5cc(-n6c7ccccc7c7ccccc76)cc(-n6c7ccccc7c7ccccc76)c5)c4c3N(c3ccccc3)C2C=C1. The zero-order valence-electron chi connectivity index (χ0n) is 31.6. The molecule has 1 aliphatic carbocycles. The van der Waals surface area contributed by atoms with Gasteiger partial charge in [-0.2, -0.15) is 0 Å². The van der Waals surface area contributed by atoms with Crippen LogP contribution in [0.15, 0.2) is 206 Å². The fourth-order valence-electron chi connectivity index (χ4n) is 10.4. The summed E-state index contributed by atoms with van der Waals surface area (Å²) in [6, 6.07) is 67.3. The van der Waals surface area contributed by atoms with Gasteiger partial charge in [-0.25, -0.2) is 0 Å². The van der Waals surface area contributed by atoms with Gasteiger partial charge in [0.25, 0.3) is 0 Å². The molecule has 4 heterocycles. The summed E-state index contributed by atoms with van der Waals surface area (Å²) in [5, 5.41) is 7.49. The zero-order chi connectivity index (χ0) is 37.9. The van der Waals surface area contributed by atoms with Gasteiger partial charge in [0.1, 0.15) is 0 Å². The van der Waals surface area contributed by atoms with Crippen LogP contribution in [0.2, 0.25) is 0 Å². The van der Waals surface area contributed by atoms with E-state index in [-0.39, 0.29) is 12.0 Å². The van der Waals surface area contributed by atoms with Gasteiger partial charge in [0, 0.05) is 43.9 Å². The molecule has 4 nitrogen and oxygen atoms in total. The van der Waals surface area contributed by atoms with Gasteiger partial charge in [-0.05, 0) is 66.2 Å². The van der Waals surface area contributed by atoms with Crippen molar-refractivity contribution in [1.29, 1.82) is 0 Å². The van der Waals surface area contributed by atoms with Crippen LogP contribution in [-0.2, 0) is 0 Å². The Balaban J connectivity index is 1.20. The predicted octanol–water partition coefficient (Wildman–Crippen LogP) is 13.7. The minimum absolute atomic E-state index is 0.177. The fourth-order valence-corrected chi connectivity index (χ4v) is 10.4. The Bertz CT molecular complexity index is 3300. The third kappa shape index (κ3) is 4.29. The monoisotopic (exact) mass is 740 g/mol. The second-order valence-electron chi connectivity index (χ2n) is 15.7. The van der Waals surface area contributed by atoms with E-state index in [0.717, 1.165) is 17.1 Å². The standard InChI is InChI=1S/C54H36N4/c1-2-16-35(17-3-1)57-51-28-14-8-22-43(51)45-30-31-46-44-23-9-15-29-52(44)58(54(46)53(45)57)38-33-36(55-47-24-10-4-18-39(47)40-19-5-11-25-48(40)55)32-37(34-38)56-49-26-12-6-20-41(49)42-21-7-13-27-50(42)56/h1-34,43,51H. The molecule has 8 aromatic carbocycles. The van der Waals surface area contributed by atoms with E-state index in [9.17, 15) is 0 Å². The Morgan fingerprint density at radius 3 is 1.26 bits per heavy atom. The second-order valence-corrected chi connectivity index (χ2v) is 15.7. The summed E-state index contributed by atoms with van der Waals surface area (Å²) in [5.74, 6) is 0.244. The minimum Gasteiger partial charge on any atom is -0.332 e. The molecule has 58 heavy (non-hydrogen) atoms. The molecule has 3 aromatic heterocycles. The number of para-hydroxylation sites is 6. The smallest absolute Gasteiger partial charge is 0.0782 e. The Hall–Kier alpha value is -7.56. The highest BCUT2D eigenvalue weighted by atomic mass is 15.2. The molecule has 11 aromatic rings. The van der Waals surface area contributed by atoms with Crippen molar-refractivity contribution in [3.8, 4) is 17.1 Å². The average molecular weight is 741 g/mol. The summed E-state index contributed by atoms with van der Waals surface area (Å²) in [7, 11) is 0. The third-order valence-corrected chi connectivity index (χ3v) is 12.7. The quantitative estimate of drug-likeness (QED) is 0.176. The van der Waals surface area contributed by atoms with Gasteiger partial charge in [-0.1, -0.05) is 146 Å². The number of benzene rings is 8. The van der Waals surface area contributed by atoms with E-state index in [0.29, 0.717) is 0 Å². The van der Waals surface area contributed by atoms with E-state index in [1.165, 1.54) is 82.4 Å². The number of aromatic nitrogens is 3. The maximum absolute atomic E-state index is 2.59. The molecule has 0 N–H and O–H groups in total. The maximum atomic E-state index is 2.59. The lowest BCUT2D eigenvalue weighted by atomic mass is 9.91. The molecule has 272 valence electrons. The lowest BCUT2D eigenvalue weighted by Gasteiger charge is -2.29. The van der Waals surface area contributed by atoms with Crippen molar-refractivity contribution in [2.24, 2.45) is 0 Å². The third-order valence-electron chi connectivity index (χ3n) is 12.7. The van der Waals surface area contributed by atoms with E-state index in [1.807, 2.05) is 0 Å². The minimum atomic E-state index is 0.177. The Morgan fingerprint density at radius 2 is 0.741 bits per heavy atom. The van der Waals surface area contributed by atoms with Crippen LogP contribution >= 0.6 is 0 Å². The van der Waals surface area contributed by atoms with Crippen molar-refractivity contribution in [2.75, 3.05) is 4.90 Å². The summed E-state index contributed by atoms with van der Waals surface area (Å²) >= 11 is 0. The maximum Gasteiger partial charge on any atom is 0.0782 e. The molecule has 0 spiro atoms. The van der Waals surface area contributed by atoms with Crippen molar-refractivity contribution in [1.82, 2.24) is 13.7 Å². The molecule has 0 saturated carbocycles. The van der Waals surface area contributed by atoms with E-state index < -0.39 is 0 Å². The number of anilines is 2. The highest BCUT2D eigenvalue weighted by Crippen LogP contribution is 2.53. The predicted molar refractivity (Wildman–Crippen MR) is 243 cm³/mol. The van der Waals surface area contributed by atoms with E-state index in [1.54, 1.807) is 0 Å². The summed E-state index contributed by atoms with van der Waals surface area (Å²) in [5.41, 5.74) is 14.3. The van der Waals surface area contributed by atoms with Gasteiger partial charge in [0.05, 0.1) is 61.9 Å². The van der Waals surface area contributed by atoms with Crippen LogP contribution in [0.3, 0.4) is 0 Å². The topological polar surface area (TPSA) is 18.0 Å².